The van der Waals surface area contributed by atoms with Gasteiger partial charge in [0.1, 0.15) is 12.1 Å². The Labute approximate surface area is 226 Å². The van der Waals surface area contributed by atoms with Crippen molar-refractivity contribution in [1.82, 2.24) is 9.97 Å². The summed E-state index contributed by atoms with van der Waals surface area (Å²) in [5, 5.41) is 26.9. The molecule has 176 valence electrons. The molecule has 0 N–H and O–H groups in total. The Kier molecular flexibility index (Phi) is 5.23. The van der Waals surface area contributed by atoms with Crippen molar-refractivity contribution in [3.63, 3.8) is 0 Å². The molecule has 0 amide bonds. The Morgan fingerprint density at radius 1 is 0.579 bits per heavy atom. The van der Waals surface area contributed by atoms with Gasteiger partial charge in [-0.15, -0.1) is 22.7 Å². The molecule has 7 rings (SSSR count). The first-order valence-corrected chi connectivity index (χ1v) is 13.6. The number of allylic oxidation sites excluding steroid dienone is 2. The monoisotopic (exact) mass is 520 g/mol. The Morgan fingerprint density at radius 3 is 1.45 bits per heavy atom. The van der Waals surface area contributed by atoms with Crippen molar-refractivity contribution >= 4 is 87.7 Å². The third-order valence-electron chi connectivity index (χ3n) is 6.70. The van der Waals surface area contributed by atoms with Crippen LogP contribution in [0.25, 0.3) is 65.0 Å². The molecular formula is C32H16N4S2. The van der Waals surface area contributed by atoms with E-state index in [0.717, 1.165) is 40.7 Å². The third kappa shape index (κ3) is 3.40. The van der Waals surface area contributed by atoms with Crippen molar-refractivity contribution in [2.45, 2.75) is 0 Å². The summed E-state index contributed by atoms with van der Waals surface area (Å²) < 4.78 is 2.33. The van der Waals surface area contributed by atoms with E-state index in [1.165, 1.54) is 10.8 Å². The summed E-state index contributed by atoms with van der Waals surface area (Å²) in [5.41, 5.74) is 2.40. The molecule has 0 atom stereocenters. The van der Waals surface area contributed by atoms with Crippen LogP contribution in [0, 0.1) is 22.7 Å². The number of pyridine rings is 2. The Hall–Kier alpha value is -4.88. The minimum atomic E-state index is 0.538. The summed E-state index contributed by atoms with van der Waals surface area (Å²) in [7, 11) is 0. The molecule has 4 aromatic heterocycles. The van der Waals surface area contributed by atoms with Crippen LogP contribution in [0.3, 0.4) is 0 Å². The molecule has 0 radical (unpaired) electrons. The maximum Gasteiger partial charge on any atom is 0.101 e. The highest BCUT2D eigenvalue weighted by molar-refractivity contribution is 7.22. The van der Waals surface area contributed by atoms with Gasteiger partial charge in [0.2, 0.25) is 0 Å². The van der Waals surface area contributed by atoms with Crippen LogP contribution in [0.4, 0.5) is 0 Å². The number of aromatic nitrogens is 2. The van der Waals surface area contributed by atoms with E-state index in [-0.39, 0.29) is 0 Å². The van der Waals surface area contributed by atoms with E-state index in [2.05, 4.69) is 58.5 Å². The molecule has 0 aliphatic heterocycles. The molecule has 0 saturated carbocycles. The average Bonchev–Trinajstić information content (AvgIpc) is 3.53. The highest BCUT2D eigenvalue weighted by atomic mass is 32.1. The van der Waals surface area contributed by atoms with Gasteiger partial charge in [0.15, 0.2) is 0 Å². The largest absolute Gasteiger partial charge is 0.256 e. The van der Waals surface area contributed by atoms with E-state index >= 15 is 0 Å². The standard InChI is InChI=1S/C32H16N4S2/c33-17-19(23-9-1-3-13-35-23)15-27-31-21-7-5-12-26-30(21)32(22-8-6-11-25(37-27)29(22)31)28(38-26)16-20(18-34)24-10-2-4-14-36-24/h1-16H. The highest BCUT2D eigenvalue weighted by Crippen LogP contribution is 2.49. The molecule has 0 saturated heterocycles. The van der Waals surface area contributed by atoms with Gasteiger partial charge in [-0.3, -0.25) is 9.97 Å². The number of fused-ring (bicyclic) bond motifs is 2. The number of benzene rings is 3. The first-order chi connectivity index (χ1) is 18.8. The van der Waals surface area contributed by atoms with Crippen LogP contribution in [0.15, 0.2) is 85.2 Å². The second-order valence-corrected chi connectivity index (χ2v) is 11.0. The molecule has 38 heavy (non-hydrogen) atoms. The number of rotatable bonds is 4. The lowest BCUT2D eigenvalue weighted by molar-refractivity contribution is 1.28. The fraction of sp³-hybridized carbons (Fsp3) is 0. The molecular weight excluding hydrogens is 505 g/mol. The molecule has 3 aromatic carbocycles. The molecule has 0 aliphatic rings. The lowest BCUT2D eigenvalue weighted by Crippen LogP contribution is -1.86. The molecule has 7 aromatic rings. The van der Waals surface area contributed by atoms with Gasteiger partial charge in [0.25, 0.3) is 0 Å². The van der Waals surface area contributed by atoms with Crippen LogP contribution in [-0.2, 0) is 0 Å². The number of nitrogens with zero attached hydrogens (tertiary/aromatic N) is 4. The van der Waals surface area contributed by atoms with Gasteiger partial charge in [-0.2, -0.15) is 10.5 Å². The minimum absolute atomic E-state index is 0.538. The summed E-state index contributed by atoms with van der Waals surface area (Å²) in [4.78, 5) is 10.9. The Balaban J connectivity index is 1.57. The van der Waals surface area contributed by atoms with E-state index < -0.39 is 0 Å². The van der Waals surface area contributed by atoms with Gasteiger partial charge in [0.05, 0.1) is 22.5 Å². The number of thiophene rings is 2. The molecule has 4 heterocycles. The lowest BCUT2D eigenvalue weighted by atomic mass is 9.94. The van der Waals surface area contributed by atoms with E-state index in [9.17, 15) is 10.5 Å². The molecule has 0 fully saturated rings. The predicted octanol–water partition coefficient (Wildman–Crippen LogP) is 8.78. The zero-order chi connectivity index (χ0) is 25.6. The van der Waals surface area contributed by atoms with E-state index in [1.54, 1.807) is 35.1 Å². The Morgan fingerprint density at radius 2 is 1.05 bits per heavy atom. The van der Waals surface area contributed by atoms with Crippen molar-refractivity contribution in [3.05, 3.63) is 106 Å². The summed E-state index contributed by atoms with van der Waals surface area (Å²) in [6.07, 6.45) is 7.36. The predicted molar refractivity (Wildman–Crippen MR) is 159 cm³/mol. The topological polar surface area (TPSA) is 73.4 Å². The maximum absolute atomic E-state index is 9.97. The highest BCUT2D eigenvalue weighted by Gasteiger charge is 2.21. The van der Waals surface area contributed by atoms with Gasteiger partial charge in [0, 0.05) is 53.1 Å². The zero-order valence-electron chi connectivity index (χ0n) is 19.8. The van der Waals surface area contributed by atoms with Crippen molar-refractivity contribution in [1.29, 1.82) is 10.5 Å². The van der Waals surface area contributed by atoms with Crippen molar-refractivity contribution in [3.8, 4) is 12.1 Å². The van der Waals surface area contributed by atoms with E-state index in [0.29, 0.717) is 22.5 Å². The maximum atomic E-state index is 9.97. The fourth-order valence-electron chi connectivity index (χ4n) is 5.12. The lowest BCUT2D eigenvalue weighted by Gasteiger charge is -2.08. The molecule has 0 unspecified atom stereocenters. The smallest absolute Gasteiger partial charge is 0.101 e. The van der Waals surface area contributed by atoms with Gasteiger partial charge in [-0.25, -0.2) is 0 Å². The van der Waals surface area contributed by atoms with Crippen LogP contribution in [0.5, 0.6) is 0 Å². The summed E-state index contributed by atoms with van der Waals surface area (Å²) >= 11 is 3.38. The molecule has 0 spiro atoms. The van der Waals surface area contributed by atoms with Crippen LogP contribution in [-0.4, -0.2) is 9.97 Å². The number of hydrogen-bond donors (Lipinski definition) is 0. The van der Waals surface area contributed by atoms with Crippen molar-refractivity contribution in [2.24, 2.45) is 0 Å². The van der Waals surface area contributed by atoms with Crippen LogP contribution in [0.2, 0.25) is 0 Å². The van der Waals surface area contributed by atoms with Crippen molar-refractivity contribution in [2.75, 3.05) is 0 Å². The quantitative estimate of drug-likeness (QED) is 0.172. The van der Waals surface area contributed by atoms with Gasteiger partial charge < -0.3 is 0 Å². The van der Waals surface area contributed by atoms with Crippen LogP contribution in [0.1, 0.15) is 21.1 Å². The third-order valence-corrected chi connectivity index (χ3v) is 8.90. The van der Waals surface area contributed by atoms with Crippen LogP contribution >= 0.6 is 22.7 Å². The van der Waals surface area contributed by atoms with Crippen molar-refractivity contribution < 1.29 is 0 Å². The van der Waals surface area contributed by atoms with E-state index in [1.807, 2.05) is 48.6 Å². The first kappa shape index (κ1) is 22.3. The van der Waals surface area contributed by atoms with Crippen LogP contribution < -0.4 is 0 Å². The second-order valence-electron chi connectivity index (χ2n) is 8.81. The fourth-order valence-corrected chi connectivity index (χ4v) is 7.50. The molecule has 0 bridgehead atoms. The SMILES string of the molecule is N#CC(=Cc1sc2cccc3c4c(C=C(C#N)c5ccccn5)sc5cccc(c1c23)c54)c1ccccn1. The number of nitriles is 2. The van der Waals surface area contributed by atoms with E-state index in [4.69, 9.17) is 0 Å². The average molecular weight is 521 g/mol. The summed E-state index contributed by atoms with van der Waals surface area (Å²) in [5.74, 6) is 0. The molecule has 6 heteroatoms. The number of hydrogen-bond acceptors (Lipinski definition) is 6. The first-order valence-electron chi connectivity index (χ1n) is 11.9. The van der Waals surface area contributed by atoms with Gasteiger partial charge in [-0.05, 0) is 59.3 Å². The molecule has 0 aliphatic carbocycles. The zero-order valence-corrected chi connectivity index (χ0v) is 21.5. The second kappa shape index (κ2) is 8.90. The Bertz CT molecular complexity index is 1980. The summed E-state index contributed by atoms with van der Waals surface area (Å²) in [6.45, 7) is 0. The van der Waals surface area contributed by atoms with Gasteiger partial charge in [-0.1, -0.05) is 36.4 Å². The minimum Gasteiger partial charge on any atom is -0.256 e. The summed E-state index contributed by atoms with van der Waals surface area (Å²) in [6, 6.07) is 28.7. The normalized spacial score (nSPS) is 12.5. The van der Waals surface area contributed by atoms with Gasteiger partial charge >= 0.3 is 0 Å². The molecule has 4 nitrogen and oxygen atoms in total.